The SMILES string of the molecule is CCOC(=O)C1CCN(C(=NC)NCc2ccc(C(=O)N3CC(C)OC(C)C3)cc2)CC1. The third kappa shape index (κ3) is 6.22. The first kappa shape index (κ1) is 24.0. The molecule has 32 heavy (non-hydrogen) atoms. The summed E-state index contributed by atoms with van der Waals surface area (Å²) in [6.45, 7) is 9.66. The zero-order chi connectivity index (χ0) is 23.1. The smallest absolute Gasteiger partial charge is 0.309 e. The highest BCUT2D eigenvalue weighted by molar-refractivity contribution is 5.94. The minimum absolute atomic E-state index is 0.0215. The number of ether oxygens (including phenoxy) is 2. The fourth-order valence-electron chi connectivity index (χ4n) is 4.39. The first-order valence-corrected chi connectivity index (χ1v) is 11.6. The van der Waals surface area contributed by atoms with E-state index in [2.05, 4.69) is 15.2 Å². The number of carbonyl (C=O) groups excluding carboxylic acids is 2. The quantitative estimate of drug-likeness (QED) is 0.426. The topological polar surface area (TPSA) is 83.5 Å². The summed E-state index contributed by atoms with van der Waals surface area (Å²) in [6, 6.07) is 7.73. The van der Waals surface area contributed by atoms with Crippen LogP contribution in [0.2, 0.25) is 0 Å². The van der Waals surface area contributed by atoms with Gasteiger partial charge in [0.2, 0.25) is 0 Å². The van der Waals surface area contributed by atoms with Gasteiger partial charge < -0.3 is 24.6 Å². The molecule has 176 valence electrons. The summed E-state index contributed by atoms with van der Waals surface area (Å²) in [4.78, 5) is 33.2. The number of nitrogens with zero attached hydrogens (tertiary/aromatic N) is 3. The minimum atomic E-state index is -0.0919. The molecule has 8 heteroatoms. The van der Waals surface area contributed by atoms with Crippen molar-refractivity contribution in [2.45, 2.75) is 52.4 Å². The van der Waals surface area contributed by atoms with Crippen molar-refractivity contribution >= 4 is 17.8 Å². The van der Waals surface area contributed by atoms with E-state index < -0.39 is 0 Å². The number of likely N-dealkylation sites (tertiary alicyclic amines) is 1. The van der Waals surface area contributed by atoms with Crippen molar-refractivity contribution in [3.05, 3.63) is 35.4 Å². The molecule has 0 aromatic heterocycles. The normalized spacial score (nSPS) is 22.6. The first-order valence-electron chi connectivity index (χ1n) is 11.6. The highest BCUT2D eigenvalue weighted by Gasteiger charge is 2.28. The predicted octanol–water partition coefficient (Wildman–Crippen LogP) is 2.29. The summed E-state index contributed by atoms with van der Waals surface area (Å²) in [6.07, 6.45) is 1.66. The Morgan fingerprint density at radius 1 is 1.09 bits per heavy atom. The summed E-state index contributed by atoms with van der Waals surface area (Å²) < 4.78 is 10.9. The number of esters is 1. The van der Waals surface area contributed by atoms with Gasteiger partial charge in [0.1, 0.15) is 0 Å². The standard InChI is InChI=1S/C24H36N4O4/c1-5-31-23(30)21-10-12-27(13-11-21)24(25-4)26-14-19-6-8-20(9-7-19)22(29)28-15-17(2)32-18(3)16-28/h6-9,17-18,21H,5,10-16H2,1-4H3,(H,25,26). The van der Waals surface area contributed by atoms with Crippen LogP contribution in [0.1, 0.15) is 49.5 Å². The molecule has 2 aliphatic heterocycles. The van der Waals surface area contributed by atoms with Crippen molar-refractivity contribution in [1.82, 2.24) is 15.1 Å². The highest BCUT2D eigenvalue weighted by atomic mass is 16.5. The maximum atomic E-state index is 12.8. The van der Waals surface area contributed by atoms with Crippen LogP contribution in [0.3, 0.4) is 0 Å². The highest BCUT2D eigenvalue weighted by Crippen LogP contribution is 2.19. The minimum Gasteiger partial charge on any atom is -0.466 e. The van der Waals surface area contributed by atoms with E-state index in [1.54, 1.807) is 7.05 Å². The number of hydrogen-bond acceptors (Lipinski definition) is 5. The molecule has 2 unspecified atom stereocenters. The molecule has 1 aromatic carbocycles. The van der Waals surface area contributed by atoms with Crippen LogP contribution in [0.4, 0.5) is 0 Å². The lowest BCUT2D eigenvalue weighted by molar-refractivity contribution is -0.149. The molecule has 0 saturated carbocycles. The van der Waals surface area contributed by atoms with Crippen LogP contribution < -0.4 is 5.32 Å². The molecule has 0 bridgehead atoms. The molecule has 2 fully saturated rings. The van der Waals surface area contributed by atoms with Gasteiger partial charge in [0.15, 0.2) is 5.96 Å². The van der Waals surface area contributed by atoms with Crippen molar-refractivity contribution < 1.29 is 19.1 Å². The Balaban J connectivity index is 1.50. The van der Waals surface area contributed by atoms with Crippen LogP contribution in [0.25, 0.3) is 0 Å². The molecule has 2 saturated heterocycles. The zero-order valence-corrected chi connectivity index (χ0v) is 19.7. The molecule has 0 spiro atoms. The molecule has 2 aliphatic rings. The number of aliphatic imine (C=N–C) groups is 1. The van der Waals surface area contributed by atoms with Gasteiger partial charge in [-0.15, -0.1) is 0 Å². The van der Waals surface area contributed by atoms with Crippen LogP contribution in [-0.2, 0) is 20.8 Å². The van der Waals surface area contributed by atoms with Crippen molar-refractivity contribution in [1.29, 1.82) is 0 Å². The van der Waals surface area contributed by atoms with Crippen molar-refractivity contribution in [2.75, 3.05) is 39.8 Å². The number of carbonyl (C=O) groups is 2. The van der Waals surface area contributed by atoms with Gasteiger partial charge in [0.05, 0.1) is 24.7 Å². The Hall–Kier alpha value is -2.61. The van der Waals surface area contributed by atoms with Gasteiger partial charge in [-0.25, -0.2) is 0 Å². The Kier molecular flexibility index (Phi) is 8.50. The molecule has 1 aromatic rings. The number of rotatable bonds is 5. The van der Waals surface area contributed by atoms with Gasteiger partial charge in [0, 0.05) is 45.3 Å². The molecule has 2 atom stereocenters. The fourth-order valence-corrected chi connectivity index (χ4v) is 4.39. The van der Waals surface area contributed by atoms with Gasteiger partial charge >= 0.3 is 5.97 Å². The molecule has 2 heterocycles. The number of hydrogen-bond donors (Lipinski definition) is 1. The van der Waals surface area contributed by atoms with Gasteiger partial charge in [-0.1, -0.05) is 12.1 Å². The second-order valence-corrected chi connectivity index (χ2v) is 8.58. The van der Waals surface area contributed by atoms with Gasteiger partial charge in [0.25, 0.3) is 5.91 Å². The zero-order valence-electron chi connectivity index (χ0n) is 19.7. The lowest BCUT2D eigenvalue weighted by Crippen LogP contribution is -2.48. The van der Waals surface area contributed by atoms with Crippen LogP contribution in [-0.4, -0.2) is 79.7 Å². The summed E-state index contributed by atoms with van der Waals surface area (Å²) in [5, 5.41) is 3.40. The van der Waals surface area contributed by atoms with E-state index >= 15 is 0 Å². The second-order valence-electron chi connectivity index (χ2n) is 8.58. The predicted molar refractivity (Wildman–Crippen MR) is 123 cm³/mol. The first-order chi connectivity index (χ1) is 15.4. The average Bonchev–Trinajstić information content (AvgIpc) is 2.79. The van der Waals surface area contributed by atoms with E-state index in [4.69, 9.17) is 9.47 Å². The number of benzene rings is 1. The molecule has 8 nitrogen and oxygen atoms in total. The molecule has 1 amide bonds. The van der Waals surface area contributed by atoms with Crippen LogP contribution >= 0.6 is 0 Å². The molecular formula is C24H36N4O4. The largest absolute Gasteiger partial charge is 0.466 e. The van der Waals surface area contributed by atoms with Crippen molar-refractivity contribution in [3.63, 3.8) is 0 Å². The summed E-state index contributed by atoms with van der Waals surface area (Å²) in [5.41, 5.74) is 1.77. The molecule has 1 N–H and O–H groups in total. The summed E-state index contributed by atoms with van der Waals surface area (Å²) in [7, 11) is 1.77. The third-order valence-electron chi connectivity index (χ3n) is 5.98. The van der Waals surface area contributed by atoms with E-state index in [0.717, 1.165) is 37.5 Å². The number of guanidine groups is 1. The van der Waals surface area contributed by atoms with E-state index in [-0.39, 0.29) is 30.0 Å². The summed E-state index contributed by atoms with van der Waals surface area (Å²) in [5.74, 6) is 0.757. The van der Waals surface area contributed by atoms with E-state index in [1.807, 2.05) is 49.9 Å². The van der Waals surface area contributed by atoms with Crippen molar-refractivity contribution in [2.24, 2.45) is 10.9 Å². The summed E-state index contributed by atoms with van der Waals surface area (Å²) >= 11 is 0. The lowest BCUT2D eigenvalue weighted by Gasteiger charge is -2.35. The number of nitrogens with one attached hydrogen (secondary N) is 1. The number of piperidine rings is 1. The maximum Gasteiger partial charge on any atom is 0.309 e. The number of amides is 1. The van der Waals surface area contributed by atoms with E-state index in [1.165, 1.54) is 0 Å². The lowest BCUT2D eigenvalue weighted by atomic mass is 9.97. The monoisotopic (exact) mass is 444 g/mol. The maximum absolute atomic E-state index is 12.8. The Morgan fingerprint density at radius 2 is 1.72 bits per heavy atom. The van der Waals surface area contributed by atoms with Crippen LogP contribution in [0.15, 0.2) is 29.3 Å². The van der Waals surface area contributed by atoms with Gasteiger partial charge in [-0.05, 0) is 51.3 Å². The van der Waals surface area contributed by atoms with Gasteiger partial charge in [-0.3, -0.25) is 14.6 Å². The van der Waals surface area contributed by atoms with E-state index in [9.17, 15) is 9.59 Å². The second kappa shape index (κ2) is 11.3. The Labute approximate surface area is 191 Å². The Morgan fingerprint density at radius 3 is 2.28 bits per heavy atom. The Bertz CT molecular complexity index is 793. The molecule has 0 radical (unpaired) electrons. The van der Waals surface area contributed by atoms with Crippen LogP contribution in [0.5, 0.6) is 0 Å². The van der Waals surface area contributed by atoms with Crippen LogP contribution in [0, 0.1) is 5.92 Å². The van der Waals surface area contributed by atoms with Crippen molar-refractivity contribution in [3.8, 4) is 0 Å². The fraction of sp³-hybridized carbons (Fsp3) is 0.625. The van der Waals surface area contributed by atoms with Gasteiger partial charge in [-0.2, -0.15) is 0 Å². The third-order valence-corrected chi connectivity index (χ3v) is 5.98. The molecule has 0 aliphatic carbocycles. The average molecular weight is 445 g/mol. The number of morpholine rings is 1. The molecule has 3 rings (SSSR count). The van der Waals surface area contributed by atoms with E-state index in [0.29, 0.717) is 31.8 Å². The molecular weight excluding hydrogens is 408 g/mol.